The first-order chi connectivity index (χ1) is 16.4. The van der Waals surface area contributed by atoms with Gasteiger partial charge in [-0.15, -0.1) is 11.3 Å². The Labute approximate surface area is 211 Å². The Balaban J connectivity index is 1.40. The number of carbonyl (C=O) groups excluding carboxylic acids is 1. The van der Waals surface area contributed by atoms with Gasteiger partial charge in [0.2, 0.25) is 15.9 Å². The van der Waals surface area contributed by atoms with Crippen LogP contribution in [-0.4, -0.2) is 47.4 Å². The summed E-state index contributed by atoms with van der Waals surface area (Å²) in [4.78, 5) is 19.7. The Bertz CT molecular complexity index is 1430. The second kappa shape index (κ2) is 9.67. The Kier molecular flexibility index (Phi) is 6.63. The average Bonchev–Trinajstić information content (AvgIpc) is 3.48. The lowest BCUT2D eigenvalue weighted by atomic mass is 10.1. The summed E-state index contributed by atoms with van der Waals surface area (Å²) in [5, 5.41) is 0.618. The quantitative estimate of drug-likeness (QED) is 0.318. The van der Waals surface area contributed by atoms with Crippen molar-refractivity contribution >= 4 is 60.8 Å². The van der Waals surface area contributed by atoms with E-state index in [2.05, 4.69) is 4.98 Å². The van der Waals surface area contributed by atoms with Crippen LogP contribution in [0.3, 0.4) is 0 Å². The van der Waals surface area contributed by atoms with Crippen molar-refractivity contribution < 1.29 is 13.2 Å². The average molecular weight is 530 g/mol. The van der Waals surface area contributed by atoms with Gasteiger partial charge in [0.1, 0.15) is 6.17 Å². The molecular formula is C24H20ClN3O3S3. The van der Waals surface area contributed by atoms with Crippen molar-refractivity contribution in [3.63, 3.8) is 0 Å². The van der Waals surface area contributed by atoms with E-state index >= 15 is 0 Å². The number of benzene rings is 3. The van der Waals surface area contributed by atoms with Crippen LogP contribution in [0.15, 0.2) is 88.1 Å². The van der Waals surface area contributed by atoms with Crippen molar-refractivity contribution in [2.24, 2.45) is 0 Å². The third kappa shape index (κ3) is 4.58. The molecule has 0 radical (unpaired) electrons. The molecule has 0 aliphatic carbocycles. The largest absolute Gasteiger partial charge is 0.320 e. The molecule has 1 amide bonds. The molecule has 1 aromatic heterocycles. The number of nitrogens with zero attached hydrogens (tertiary/aromatic N) is 3. The van der Waals surface area contributed by atoms with Gasteiger partial charge in [0.25, 0.3) is 0 Å². The summed E-state index contributed by atoms with van der Waals surface area (Å²) >= 11 is 8.91. The molecule has 1 aliphatic rings. The molecule has 0 bridgehead atoms. The van der Waals surface area contributed by atoms with Gasteiger partial charge in [0.05, 0.1) is 20.9 Å². The molecule has 10 heteroatoms. The summed E-state index contributed by atoms with van der Waals surface area (Å²) in [5.74, 6) is 0.0257. The van der Waals surface area contributed by atoms with Crippen LogP contribution in [0.5, 0.6) is 0 Å². The minimum Gasteiger partial charge on any atom is -0.320 e. The standard InChI is InChI=1S/C24H20ClN3O3S3/c25-18-11-12-21-20(15-18)26-24(33-21)32-16-22(29)27-13-14-28(23(27)17-7-3-1-4-8-17)34(30,31)19-9-5-2-6-10-19/h1-12,15,23H,13-14,16H2/t23-/m1/s1. The van der Waals surface area contributed by atoms with Gasteiger partial charge in [0, 0.05) is 18.1 Å². The highest BCUT2D eigenvalue weighted by atomic mass is 35.5. The molecule has 4 aromatic rings. The molecule has 1 saturated heterocycles. The van der Waals surface area contributed by atoms with Crippen LogP contribution in [0.25, 0.3) is 10.2 Å². The van der Waals surface area contributed by atoms with Gasteiger partial charge in [0.15, 0.2) is 4.34 Å². The third-order valence-electron chi connectivity index (χ3n) is 5.55. The normalized spacial score (nSPS) is 16.9. The zero-order valence-corrected chi connectivity index (χ0v) is 21.1. The summed E-state index contributed by atoms with van der Waals surface area (Å²) in [6, 6.07) is 23.2. The predicted octanol–water partition coefficient (Wildman–Crippen LogP) is 5.27. The van der Waals surface area contributed by atoms with E-state index < -0.39 is 16.2 Å². The van der Waals surface area contributed by atoms with Crippen LogP contribution in [0.2, 0.25) is 5.02 Å². The van der Waals surface area contributed by atoms with E-state index in [0.29, 0.717) is 11.6 Å². The molecule has 34 heavy (non-hydrogen) atoms. The number of rotatable bonds is 6. The molecule has 174 valence electrons. The van der Waals surface area contributed by atoms with Crippen molar-refractivity contribution in [3.8, 4) is 0 Å². The summed E-state index contributed by atoms with van der Waals surface area (Å²) < 4.78 is 30.1. The predicted molar refractivity (Wildman–Crippen MR) is 137 cm³/mol. The van der Waals surface area contributed by atoms with Crippen molar-refractivity contribution in [2.45, 2.75) is 15.4 Å². The first kappa shape index (κ1) is 23.3. The topological polar surface area (TPSA) is 70.6 Å². The smallest absolute Gasteiger partial charge is 0.245 e. The SMILES string of the molecule is O=C(CSc1nc2cc(Cl)ccc2s1)N1CCN(S(=O)(=O)c2ccccc2)[C@@H]1c1ccccc1. The molecule has 0 unspecified atom stereocenters. The fraction of sp³-hybridized carbons (Fsp3) is 0.167. The minimum absolute atomic E-state index is 0.137. The first-order valence-electron chi connectivity index (χ1n) is 10.5. The van der Waals surface area contributed by atoms with Crippen molar-refractivity contribution in [1.82, 2.24) is 14.2 Å². The van der Waals surface area contributed by atoms with E-state index in [-0.39, 0.29) is 23.1 Å². The molecule has 0 spiro atoms. The fourth-order valence-electron chi connectivity index (χ4n) is 3.97. The second-order valence-corrected chi connectivity index (χ2v) is 12.3. The van der Waals surface area contributed by atoms with Gasteiger partial charge in [-0.05, 0) is 35.9 Å². The number of fused-ring (bicyclic) bond motifs is 1. The number of thioether (sulfide) groups is 1. The molecule has 1 atom stereocenters. The van der Waals surface area contributed by atoms with Gasteiger partial charge in [-0.25, -0.2) is 13.4 Å². The van der Waals surface area contributed by atoms with E-state index in [4.69, 9.17) is 11.6 Å². The van der Waals surface area contributed by atoms with E-state index in [0.717, 1.165) is 20.1 Å². The highest BCUT2D eigenvalue weighted by molar-refractivity contribution is 8.01. The van der Waals surface area contributed by atoms with Crippen molar-refractivity contribution in [1.29, 1.82) is 0 Å². The maximum atomic E-state index is 13.5. The lowest BCUT2D eigenvalue weighted by molar-refractivity contribution is -0.130. The number of halogens is 1. The van der Waals surface area contributed by atoms with Crippen molar-refractivity contribution in [2.75, 3.05) is 18.8 Å². The third-order valence-corrected chi connectivity index (χ3v) is 9.81. The number of hydrogen-bond donors (Lipinski definition) is 0. The van der Waals surface area contributed by atoms with Gasteiger partial charge >= 0.3 is 0 Å². The zero-order valence-electron chi connectivity index (χ0n) is 17.9. The van der Waals surface area contributed by atoms with Crippen LogP contribution in [0, 0.1) is 0 Å². The van der Waals surface area contributed by atoms with Gasteiger partial charge in [-0.2, -0.15) is 4.31 Å². The monoisotopic (exact) mass is 529 g/mol. The summed E-state index contributed by atoms with van der Waals surface area (Å²) in [6.07, 6.45) is -0.700. The fourth-order valence-corrected chi connectivity index (χ4v) is 7.66. The van der Waals surface area contributed by atoms with Crippen molar-refractivity contribution in [3.05, 3.63) is 89.4 Å². The van der Waals surface area contributed by atoms with Gasteiger partial charge in [-0.1, -0.05) is 71.9 Å². The van der Waals surface area contributed by atoms with Crippen LogP contribution in [0.1, 0.15) is 11.7 Å². The number of sulfonamides is 1. The Morgan fingerprint density at radius 1 is 1.03 bits per heavy atom. The number of amides is 1. The lowest BCUT2D eigenvalue weighted by Crippen LogP contribution is -2.38. The highest BCUT2D eigenvalue weighted by Gasteiger charge is 2.43. The minimum atomic E-state index is -3.78. The Morgan fingerprint density at radius 3 is 2.47 bits per heavy atom. The van der Waals surface area contributed by atoms with E-state index in [1.54, 1.807) is 41.3 Å². The summed E-state index contributed by atoms with van der Waals surface area (Å²) in [7, 11) is -3.78. The van der Waals surface area contributed by atoms with Crippen LogP contribution in [-0.2, 0) is 14.8 Å². The summed E-state index contributed by atoms with van der Waals surface area (Å²) in [5.41, 5.74) is 1.56. The second-order valence-electron chi connectivity index (χ2n) is 7.68. The molecule has 1 fully saturated rings. The van der Waals surface area contributed by atoms with E-state index in [1.807, 2.05) is 42.5 Å². The van der Waals surface area contributed by atoms with E-state index in [1.165, 1.54) is 27.4 Å². The van der Waals surface area contributed by atoms with Crippen LogP contribution in [0.4, 0.5) is 0 Å². The first-order valence-corrected chi connectivity index (χ1v) is 14.2. The molecule has 6 nitrogen and oxygen atoms in total. The molecule has 1 aliphatic heterocycles. The van der Waals surface area contributed by atoms with Gasteiger partial charge in [-0.3, -0.25) is 4.79 Å². The number of aromatic nitrogens is 1. The van der Waals surface area contributed by atoms with Gasteiger partial charge < -0.3 is 4.90 Å². The van der Waals surface area contributed by atoms with Crippen LogP contribution >= 0.6 is 34.7 Å². The molecule has 2 heterocycles. The lowest BCUT2D eigenvalue weighted by Gasteiger charge is -2.30. The molecule has 0 saturated carbocycles. The molecule has 3 aromatic carbocycles. The Hall–Kier alpha value is -2.43. The number of hydrogen-bond acceptors (Lipinski definition) is 6. The number of carbonyl (C=O) groups is 1. The molecule has 5 rings (SSSR count). The van der Waals surface area contributed by atoms with Crippen LogP contribution < -0.4 is 0 Å². The highest BCUT2D eigenvalue weighted by Crippen LogP contribution is 2.36. The maximum absolute atomic E-state index is 13.5. The molecule has 0 N–H and O–H groups in total. The summed E-state index contributed by atoms with van der Waals surface area (Å²) in [6.45, 7) is 0.549. The number of thiazole rings is 1. The molecular weight excluding hydrogens is 510 g/mol. The van der Waals surface area contributed by atoms with E-state index in [9.17, 15) is 13.2 Å². The maximum Gasteiger partial charge on any atom is 0.245 e. The Morgan fingerprint density at radius 2 is 1.74 bits per heavy atom. The zero-order chi connectivity index (χ0) is 23.7.